The molecule has 2 aliphatic rings. The Morgan fingerprint density at radius 2 is 2.21 bits per heavy atom. The summed E-state index contributed by atoms with van der Waals surface area (Å²) in [5.74, 6) is 1.04. The predicted octanol–water partition coefficient (Wildman–Crippen LogP) is 1.12. The van der Waals surface area contributed by atoms with E-state index in [1.165, 1.54) is 19.3 Å². The van der Waals surface area contributed by atoms with E-state index in [2.05, 4.69) is 4.90 Å². The highest BCUT2D eigenvalue weighted by molar-refractivity contribution is 5.78. The quantitative estimate of drug-likeness (QED) is 0.719. The molecule has 3 nitrogen and oxygen atoms in total. The van der Waals surface area contributed by atoms with Crippen LogP contribution in [0.4, 0.5) is 0 Å². The van der Waals surface area contributed by atoms with Gasteiger partial charge in [-0.1, -0.05) is 0 Å². The zero-order valence-electron chi connectivity index (χ0n) is 9.12. The number of nitrogens with zero attached hydrogens (tertiary/aromatic N) is 1. The highest BCUT2D eigenvalue weighted by atomic mass is 16.2. The average Bonchev–Trinajstić information content (AvgIpc) is 2.59. The number of amides is 1. The van der Waals surface area contributed by atoms with Gasteiger partial charge in [-0.25, -0.2) is 0 Å². The van der Waals surface area contributed by atoms with Crippen molar-refractivity contribution in [2.24, 2.45) is 11.7 Å². The smallest absolute Gasteiger partial charge is 0.224 e. The number of fused-ring (bicyclic) bond motifs is 2. The van der Waals surface area contributed by atoms with Gasteiger partial charge in [-0.05, 0) is 39.0 Å². The first-order chi connectivity index (χ1) is 6.46. The topological polar surface area (TPSA) is 46.3 Å². The van der Waals surface area contributed by atoms with Gasteiger partial charge in [0, 0.05) is 24.5 Å². The molecule has 1 amide bonds. The molecule has 2 N–H and O–H groups in total. The van der Waals surface area contributed by atoms with Gasteiger partial charge in [0.2, 0.25) is 5.91 Å². The Hall–Kier alpha value is -0.570. The van der Waals surface area contributed by atoms with Crippen LogP contribution in [0.2, 0.25) is 0 Å². The molecule has 0 radical (unpaired) electrons. The number of hydrogen-bond donors (Lipinski definition) is 1. The fraction of sp³-hybridized carbons (Fsp3) is 0.909. The van der Waals surface area contributed by atoms with Crippen LogP contribution < -0.4 is 5.73 Å². The minimum Gasteiger partial charge on any atom is -0.339 e. The Labute approximate surface area is 85.6 Å². The molecule has 2 bridgehead atoms. The lowest BCUT2D eigenvalue weighted by Gasteiger charge is -2.29. The number of nitrogens with two attached hydrogens (primary N) is 1. The normalized spacial score (nSPS) is 31.2. The SMILES string of the molecule is CC(C)(N)CC(=O)N1CC2CCC1C2. The van der Waals surface area contributed by atoms with Crippen molar-refractivity contribution < 1.29 is 4.79 Å². The molecule has 0 aromatic rings. The summed E-state index contributed by atoms with van der Waals surface area (Å²) in [6.07, 6.45) is 4.24. The Kier molecular flexibility index (Phi) is 2.30. The standard InChI is InChI=1S/C11H20N2O/c1-11(2,12)6-10(14)13-7-8-3-4-9(13)5-8/h8-9H,3-7,12H2,1-2H3. The molecule has 0 aromatic carbocycles. The zero-order valence-corrected chi connectivity index (χ0v) is 9.12. The largest absolute Gasteiger partial charge is 0.339 e. The van der Waals surface area contributed by atoms with E-state index >= 15 is 0 Å². The van der Waals surface area contributed by atoms with Gasteiger partial charge in [-0.2, -0.15) is 0 Å². The molecule has 2 rings (SSSR count). The maximum Gasteiger partial charge on any atom is 0.224 e. The molecule has 1 saturated carbocycles. The van der Waals surface area contributed by atoms with Gasteiger partial charge in [0.1, 0.15) is 0 Å². The second-order valence-corrected chi connectivity index (χ2v) is 5.54. The summed E-state index contributed by atoms with van der Waals surface area (Å²) < 4.78 is 0. The molecule has 80 valence electrons. The molecule has 2 fully saturated rings. The van der Waals surface area contributed by atoms with Crippen LogP contribution >= 0.6 is 0 Å². The molecule has 1 aliphatic heterocycles. The van der Waals surface area contributed by atoms with Gasteiger partial charge in [-0.15, -0.1) is 0 Å². The molecule has 1 aliphatic carbocycles. The first kappa shape index (κ1) is 9.97. The van der Waals surface area contributed by atoms with Crippen molar-refractivity contribution in [1.82, 2.24) is 4.90 Å². The second-order valence-electron chi connectivity index (χ2n) is 5.54. The molecule has 2 unspecified atom stereocenters. The van der Waals surface area contributed by atoms with E-state index in [-0.39, 0.29) is 11.4 Å². The monoisotopic (exact) mass is 196 g/mol. The molecule has 0 aromatic heterocycles. The average molecular weight is 196 g/mol. The minimum atomic E-state index is -0.362. The number of rotatable bonds is 2. The van der Waals surface area contributed by atoms with E-state index in [0.717, 1.165) is 12.5 Å². The summed E-state index contributed by atoms with van der Waals surface area (Å²) in [4.78, 5) is 14.0. The van der Waals surface area contributed by atoms with Gasteiger partial charge in [0.15, 0.2) is 0 Å². The summed E-state index contributed by atoms with van der Waals surface area (Å²) in [6, 6.07) is 0.537. The van der Waals surface area contributed by atoms with Crippen LogP contribution in [0.25, 0.3) is 0 Å². The Morgan fingerprint density at radius 3 is 2.64 bits per heavy atom. The van der Waals surface area contributed by atoms with Crippen molar-refractivity contribution in [2.75, 3.05) is 6.54 Å². The predicted molar refractivity (Wildman–Crippen MR) is 55.7 cm³/mol. The van der Waals surface area contributed by atoms with Gasteiger partial charge >= 0.3 is 0 Å². The van der Waals surface area contributed by atoms with E-state index in [0.29, 0.717) is 12.5 Å². The van der Waals surface area contributed by atoms with Crippen LogP contribution in [-0.4, -0.2) is 28.9 Å². The molecule has 1 saturated heterocycles. The van der Waals surface area contributed by atoms with Crippen LogP contribution in [0, 0.1) is 5.92 Å². The third-order valence-corrected chi connectivity index (χ3v) is 3.34. The maximum atomic E-state index is 11.9. The Balaban J connectivity index is 1.93. The van der Waals surface area contributed by atoms with E-state index in [1.807, 2.05) is 13.8 Å². The van der Waals surface area contributed by atoms with Crippen LogP contribution in [0.15, 0.2) is 0 Å². The molecular formula is C11H20N2O. The minimum absolute atomic E-state index is 0.254. The highest BCUT2D eigenvalue weighted by Gasteiger charge is 2.40. The van der Waals surface area contributed by atoms with Crippen LogP contribution in [0.1, 0.15) is 39.5 Å². The first-order valence-electron chi connectivity index (χ1n) is 5.54. The van der Waals surface area contributed by atoms with Crippen molar-refractivity contribution in [2.45, 2.75) is 51.1 Å². The summed E-state index contributed by atoms with van der Waals surface area (Å²) in [7, 11) is 0. The van der Waals surface area contributed by atoms with Crippen molar-refractivity contribution in [3.63, 3.8) is 0 Å². The highest BCUT2D eigenvalue weighted by Crippen LogP contribution is 2.37. The van der Waals surface area contributed by atoms with E-state index in [9.17, 15) is 4.79 Å². The zero-order chi connectivity index (χ0) is 10.3. The van der Waals surface area contributed by atoms with Crippen molar-refractivity contribution in [3.05, 3.63) is 0 Å². The van der Waals surface area contributed by atoms with Crippen molar-refractivity contribution in [1.29, 1.82) is 0 Å². The van der Waals surface area contributed by atoms with Crippen LogP contribution in [0.5, 0.6) is 0 Å². The third-order valence-electron chi connectivity index (χ3n) is 3.34. The Morgan fingerprint density at radius 1 is 1.50 bits per heavy atom. The lowest BCUT2D eigenvalue weighted by atomic mass is 10.0. The molecule has 0 spiro atoms. The fourth-order valence-corrected chi connectivity index (χ4v) is 2.72. The van der Waals surface area contributed by atoms with Crippen LogP contribution in [0.3, 0.4) is 0 Å². The number of carbonyl (C=O) groups is 1. The van der Waals surface area contributed by atoms with Gasteiger partial charge < -0.3 is 10.6 Å². The summed E-state index contributed by atoms with van der Waals surface area (Å²) in [5, 5.41) is 0. The summed E-state index contributed by atoms with van der Waals surface area (Å²) in [5.41, 5.74) is 5.49. The van der Waals surface area contributed by atoms with E-state index < -0.39 is 0 Å². The second kappa shape index (κ2) is 3.23. The lowest BCUT2D eigenvalue weighted by molar-refractivity contribution is -0.133. The molecule has 1 heterocycles. The van der Waals surface area contributed by atoms with Crippen LogP contribution in [-0.2, 0) is 4.79 Å². The molecule has 3 heteroatoms. The maximum absolute atomic E-state index is 11.9. The molecular weight excluding hydrogens is 176 g/mol. The number of hydrogen-bond acceptors (Lipinski definition) is 2. The van der Waals surface area contributed by atoms with E-state index in [4.69, 9.17) is 5.73 Å². The summed E-state index contributed by atoms with van der Waals surface area (Å²) >= 11 is 0. The fourth-order valence-electron chi connectivity index (χ4n) is 2.72. The summed E-state index contributed by atoms with van der Waals surface area (Å²) in [6.45, 7) is 4.82. The Bertz CT molecular complexity index is 244. The number of likely N-dealkylation sites (tertiary alicyclic amines) is 1. The van der Waals surface area contributed by atoms with Gasteiger partial charge in [0.05, 0.1) is 0 Å². The van der Waals surface area contributed by atoms with E-state index in [1.54, 1.807) is 0 Å². The third kappa shape index (κ3) is 1.92. The molecule has 14 heavy (non-hydrogen) atoms. The van der Waals surface area contributed by atoms with Gasteiger partial charge in [-0.3, -0.25) is 4.79 Å². The van der Waals surface area contributed by atoms with Gasteiger partial charge in [0.25, 0.3) is 0 Å². The number of piperidine rings is 1. The number of carbonyl (C=O) groups excluding carboxylic acids is 1. The molecule has 2 atom stereocenters. The lowest BCUT2D eigenvalue weighted by Crippen LogP contribution is -2.44. The van der Waals surface area contributed by atoms with Crippen molar-refractivity contribution >= 4 is 5.91 Å². The first-order valence-corrected chi connectivity index (χ1v) is 5.54. The van der Waals surface area contributed by atoms with Crippen molar-refractivity contribution in [3.8, 4) is 0 Å².